The summed E-state index contributed by atoms with van der Waals surface area (Å²) >= 11 is 6.76. The largest absolute Gasteiger partial charge is 0.382 e. The van der Waals surface area contributed by atoms with Gasteiger partial charge in [0.2, 0.25) is 0 Å². The van der Waals surface area contributed by atoms with Crippen LogP contribution in [0.5, 0.6) is 0 Å². The summed E-state index contributed by atoms with van der Waals surface area (Å²) in [6, 6.07) is 8.54. The molecule has 212 valence electrons. The van der Waals surface area contributed by atoms with E-state index in [4.69, 9.17) is 17.0 Å². The van der Waals surface area contributed by atoms with Gasteiger partial charge in [-0.25, -0.2) is 4.39 Å². The molecule has 0 bridgehead atoms. The second-order valence-electron chi connectivity index (χ2n) is 9.64. The van der Waals surface area contributed by atoms with Crippen molar-refractivity contribution < 1.29 is 13.9 Å². The van der Waals surface area contributed by atoms with E-state index >= 15 is 0 Å². The Morgan fingerprint density at radius 2 is 1.77 bits per heavy atom. The van der Waals surface area contributed by atoms with Crippen molar-refractivity contribution in [2.24, 2.45) is 0 Å². The molecule has 11 heteroatoms. The average molecular weight is 584 g/mol. The second kappa shape index (κ2) is 13.4. The maximum atomic E-state index is 13.5. The van der Waals surface area contributed by atoms with Crippen LogP contribution in [-0.2, 0) is 16.1 Å². The fourth-order valence-electron chi connectivity index (χ4n) is 5.04. The van der Waals surface area contributed by atoms with Gasteiger partial charge in [-0.05, 0) is 62.6 Å². The van der Waals surface area contributed by atoms with Crippen LogP contribution in [0, 0.1) is 24.1 Å². The van der Waals surface area contributed by atoms with Crippen LogP contribution in [0.25, 0.3) is 6.08 Å². The molecule has 0 N–H and O–H groups in total. The Morgan fingerprint density at radius 3 is 2.40 bits per heavy atom. The minimum absolute atomic E-state index is 0.0839. The van der Waals surface area contributed by atoms with E-state index in [0.717, 1.165) is 5.69 Å². The number of thiocarbonyl (C=S) groups is 1. The molecule has 40 heavy (non-hydrogen) atoms. The van der Waals surface area contributed by atoms with E-state index < -0.39 is 0 Å². The Labute approximate surface area is 244 Å². The number of rotatable bonds is 10. The molecular weight excluding hydrogens is 549 g/mol. The predicted octanol–water partition coefficient (Wildman–Crippen LogP) is 4.53. The first-order valence-corrected chi connectivity index (χ1v) is 14.8. The lowest BCUT2D eigenvalue weighted by Gasteiger charge is -2.39. The molecule has 4 rings (SSSR count). The highest BCUT2D eigenvalue weighted by molar-refractivity contribution is 8.26. The Kier molecular flexibility index (Phi) is 10.0. The van der Waals surface area contributed by atoms with Crippen molar-refractivity contribution in [3.05, 3.63) is 62.0 Å². The average Bonchev–Trinajstić information content (AvgIpc) is 3.22. The number of anilines is 2. The number of carbonyl (C=O) groups excluding carboxylic acids is 1. The van der Waals surface area contributed by atoms with E-state index in [1.807, 2.05) is 13.8 Å². The molecule has 0 unspecified atom stereocenters. The van der Waals surface area contributed by atoms with Crippen LogP contribution in [0.1, 0.15) is 43.4 Å². The third-order valence-corrected chi connectivity index (χ3v) is 8.47. The van der Waals surface area contributed by atoms with Gasteiger partial charge in [0.05, 0.1) is 4.91 Å². The molecule has 2 aliphatic rings. The Hall–Kier alpha value is -3.20. The summed E-state index contributed by atoms with van der Waals surface area (Å²) in [6.45, 7) is 10.3. The maximum Gasteiger partial charge on any atom is 0.270 e. The Balaban J connectivity index is 1.71. The zero-order chi connectivity index (χ0) is 28.8. The highest BCUT2D eigenvalue weighted by atomic mass is 32.2. The van der Waals surface area contributed by atoms with Gasteiger partial charge in [0.1, 0.15) is 27.6 Å². The molecule has 1 aromatic carbocycles. The van der Waals surface area contributed by atoms with Crippen molar-refractivity contribution in [3.8, 4) is 6.07 Å². The van der Waals surface area contributed by atoms with Crippen LogP contribution >= 0.6 is 24.0 Å². The first-order valence-electron chi connectivity index (χ1n) is 13.6. The van der Waals surface area contributed by atoms with E-state index in [1.165, 1.54) is 23.9 Å². The third-order valence-electron chi connectivity index (χ3n) is 7.09. The van der Waals surface area contributed by atoms with E-state index in [-0.39, 0.29) is 22.8 Å². The highest BCUT2D eigenvalue weighted by Gasteiger charge is 2.33. The summed E-state index contributed by atoms with van der Waals surface area (Å²) in [7, 11) is 0. The number of nitriles is 1. The molecule has 8 nitrogen and oxygen atoms in total. The third kappa shape index (κ3) is 6.24. The molecule has 0 saturated carbocycles. The van der Waals surface area contributed by atoms with Gasteiger partial charge >= 0.3 is 0 Å². The number of benzene rings is 1. The van der Waals surface area contributed by atoms with Crippen molar-refractivity contribution in [2.75, 3.05) is 55.7 Å². The number of hydrogen-bond donors (Lipinski definition) is 0. The van der Waals surface area contributed by atoms with Gasteiger partial charge in [-0.1, -0.05) is 30.9 Å². The normalized spacial score (nSPS) is 16.8. The number of carbonyl (C=O) groups is 1. The number of aromatic nitrogens is 1. The zero-order valence-corrected chi connectivity index (χ0v) is 24.7. The van der Waals surface area contributed by atoms with Gasteiger partial charge in [-0.2, -0.15) is 5.26 Å². The molecule has 2 aromatic rings. The smallest absolute Gasteiger partial charge is 0.270 e. The first kappa shape index (κ1) is 29.8. The number of pyridine rings is 1. The predicted molar refractivity (Wildman–Crippen MR) is 162 cm³/mol. The lowest BCUT2D eigenvalue weighted by Crippen LogP contribution is -2.48. The molecule has 2 saturated heterocycles. The topological polar surface area (TPSA) is 81.8 Å². The number of nitrogens with zero attached hydrogens (tertiary/aromatic N) is 5. The molecule has 2 fully saturated rings. The monoisotopic (exact) mass is 583 g/mol. The van der Waals surface area contributed by atoms with Crippen LogP contribution in [-0.4, -0.2) is 65.6 Å². The number of thioether (sulfide) groups is 1. The maximum absolute atomic E-state index is 13.5. The molecule has 0 spiro atoms. The Morgan fingerprint density at radius 1 is 1.10 bits per heavy atom. The van der Waals surface area contributed by atoms with Gasteiger partial charge in [0.15, 0.2) is 0 Å². The summed E-state index contributed by atoms with van der Waals surface area (Å²) in [5.74, 6) is 0.261. The summed E-state index contributed by atoms with van der Waals surface area (Å²) in [5, 5.41) is 9.89. The van der Waals surface area contributed by atoms with Gasteiger partial charge < -0.3 is 14.5 Å². The highest BCUT2D eigenvalue weighted by Crippen LogP contribution is 2.36. The van der Waals surface area contributed by atoms with E-state index in [2.05, 4.69) is 15.9 Å². The van der Waals surface area contributed by atoms with Gasteiger partial charge in [0, 0.05) is 63.7 Å². The number of halogens is 1. The van der Waals surface area contributed by atoms with Gasteiger partial charge in [-0.3, -0.25) is 19.1 Å². The Bertz CT molecular complexity index is 1390. The van der Waals surface area contributed by atoms with E-state index in [1.54, 1.807) is 34.6 Å². The quantitative estimate of drug-likeness (QED) is 0.229. The lowest BCUT2D eigenvalue weighted by atomic mass is 10.0. The summed E-state index contributed by atoms with van der Waals surface area (Å²) < 4.78 is 21.0. The van der Waals surface area contributed by atoms with Crippen molar-refractivity contribution in [2.45, 2.75) is 40.2 Å². The first-order chi connectivity index (χ1) is 19.3. The van der Waals surface area contributed by atoms with Crippen LogP contribution in [0.4, 0.5) is 15.9 Å². The number of amides is 1. The fraction of sp³-hybridized carbons (Fsp3) is 0.448. The zero-order valence-electron chi connectivity index (χ0n) is 23.1. The molecule has 0 radical (unpaired) electrons. The van der Waals surface area contributed by atoms with Crippen LogP contribution < -0.4 is 15.4 Å². The van der Waals surface area contributed by atoms with Gasteiger partial charge in [0.25, 0.3) is 11.5 Å². The number of ether oxygens (including phenoxy) is 1. The minimum atomic E-state index is -0.321. The van der Waals surface area contributed by atoms with Crippen molar-refractivity contribution in [1.29, 1.82) is 5.26 Å². The number of piperazine rings is 1. The van der Waals surface area contributed by atoms with E-state index in [0.29, 0.717) is 91.5 Å². The van der Waals surface area contributed by atoms with E-state index in [9.17, 15) is 19.2 Å². The molecular formula is C29H34FN5O3S2. The SMILES string of the molecule is CCCn1c(N2CCN(c3ccc(F)cc3)CC2)c(/C=C2/SC(=S)N(CCCOCC)C2=O)c(C)c(C#N)c1=O. The molecule has 2 aliphatic heterocycles. The fourth-order valence-corrected chi connectivity index (χ4v) is 6.33. The molecule has 1 amide bonds. The second-order valence-corrected chi connectivity index (χ2v) is 11.3. The molecule has 3 heterocycles. The molecule has 0 atom stereocenters. The lowest BCUT2D eigenvalue weighted by molar-refractivity contribution is -0.122. The summed E-state index contributed by atoms with van der Waals surface area (Å²) in [5.41, 5.74) is 1.95. The standard InChI is InChI=1S/C29H34FN5O3S2/c1-4-11-34-26(33-15-13-32(14-16-33)22-9-7-21(30)8-10-22)23(20(3)24(19-31)27(34)36)18-25-28(37)35(29(39)40-25)12-6-17-38-5-2/h7-10,18H,4-6,11-17H2,1-3H3/b25-18+. The van der Waals surface area contributed by atoms with Gasteiger partial charge in [-0.15, -0.1) is 0 Å². The minimum Gasteiger partial charge on any atom is -0.382 e. The summed E-state index contributed by atoms with van der Waals surface area (Å²) in [6.07, 6.45) is 3.18. The van der Waals surface area contributed by atoms with Crippen LogP contribution in [0.2, 0.25) is 0 Å². The molecule has 1 aromatic heterocycles. The van der Waals surface area contributed by atoms with Crippen molar-refractivity contribution >= 4 is 51.8 Å². The van der Waals surface area contributed by atoms with Crippen molar-refractivity contribution in [1.82, 2.24) is 9.47 Å². The van der Waals surface area contributed by atoms with Crippen LogP contribution in [0.3, 0.4) is 0 Å². The van der Waals surface area contributed by atoms with Crippen LogP contribution in [0.15, 0.2) is 34.0 Å². The van der Waals surface area contributed by atoms with Crippen molar-refractivity contribution in [3.63, 3.8) is 0 Å². The summed E-state index contributed by atoms with van der Waals surface area (Å²) in [4.78, 5) is 33.2. The molecule has 0 aliphatic carbocycles. The number of hydrogen-bond acceptors (Lipinski definition) is 8.